The van der Waals surface area contributed by atoms with Crippen LogP contribution >= 0.6 is 0 Å². The highest BCUT2D eigenvalue weighted by atomic mass is 16.5. The van der Waals surface area contributed by atoms with Gasteiger partial charge >= 0.3 is 0 Å². The molecule has 0 spiro atoms. The molecule has 0 bridgehead atoms. The van der Waals surface area contributed by atoms with Gasteiger partial charge in [-0.1, -0.05) is 19.1 Å². The van der Waals surface area contributed by atoms with E-state index < -0.39 is 0 Å². The number of hydrogen-bond donors (Lipinski definition) is 1. The Balaban J connectivity index is 1.85. The molecule has 0 aromatic heterocycles. The minimum absolute atomic E-state index is 0.350. The molecule has 0 amide bonds. The van der Waals surface area contributed by atoms with Crippen molar-refractivity contribution in [3.05, 3.63) is 29.8 Å². The minimum atomic E-state index is 0.350. The van der Waals surface area contributed by atoms with E-state index >= 15 is 0 Å². The number of phenolic OH excluding ortho intramolecular Hbond substituents is 1. The van der Waals surface area contributed by atoms with Crippen molar-refractivity contribution >= 4 is 0 Å². The third-order valence-corrected chi connectivity index (χ3v) is 3.34. The molecule has 1 aromatic carbocycles. The number of aromatic hydroxyl groups is 1. The van der Waals surface area contributed by atoms with Gasteiger partial charge in [-0.15, -0.1) is 0 Å². The Bertz CT molecular complexity index is 367. The lowest BCUT2D eigenvalue weighted by atomic mass is 10.1. The van der Waals surface area contributed by atoms with Crippen LogP contribution in [-0.2, 0) is 11.3 Å². The van der Waals surface area contributed by atoms with Gasteiger partial charge < -0.3 is 9.84 Å². The van der Waals surface area contributed by atoms with Crippen molar-refractivity contribution in [2.45, 2.75) is 38.8 Å². The summed E-state index contributed by atoms with van der Waals surface area (Å²) >= 11 is 0. The summed E-state index contributed by atoms with van der Waals surface area (Å²) in [4.78, 5) is 2.42. The van der Waals surface area contributed by atoms with Gasteiger partial charge in [0.1, 0.15) is 5.75 Å². The van der Waals surface area contributed by atoms with E-state index in [9.17, 15) is 5.11 Å². The number of piperidine rings is 1. The summed E-state index contributed by atoms with van der Waals surface area (Å²) in [6, 6.07) is 7.53. The molecule has 100 valence electrons. The average molecular weight is 249 g/mol. The maximum absolute atomic E-state index is 9.47. The Morgan fingerprint density at radius 3 is 3.11 bits per heavy atom. The molecule has 1 N–H and O–H groups in total. The summed E-state index contributed by atoms with van der Waals surface area (Å²) < 4.78 is 5.83. The van der Waals surface area contributed by atoms with E-state index in [4.69, 9.17) is 4.74 Å². The van der Waals surface area contributed by atoms with Crippen LogP contribution in [0.4, 0.5) is 0 Å². The molecule has 0 radical (unpaired) electrons. The molecule has 1 aliphatic heterocycles. The molecular formula is C15H23NO2. The van der Waals surface area contributed by atoms with Gasteiger partial charge in [-0.25, -0.2) is 0 Å². The summed E-state index contributed by atoms with van der Waals surface area (Å²) in [7, 11) is 0. The Kier molecular flexibility index (Phi) is 5.02. The fourth-order valence-corrected chi connectivity index (χ4v) is 2.49. The molecule has 1 unspecified atom stereocenters. The Morgan fingerprint density at radius 1 is 1.44 bits per heavy atom. The van der Waals surface area contributed by atoms with Gasteiger partial charge in [0.2, 0.25) is 0 Å². The topological polar surface area (TPSA) is 32.7 Å². The first-order valence-corrected chi connectivity index (χ1v) is 6.90. The number of ether oxygens (including phenoxy) is 1. The third-order valence-electron chi connectivity index (χ3n) is 3.34. The molecule has 1 atom stereocenters. The first-order valence-electron chi connectivity index (χ1n) is 6.90. The summed E-state index contributed by atoms with van der Waals surface area (Å²) in [5.74, 6) is 0.350. The van der Waals surface area contributed by atoms with Crippen LogP contribution in [0.1, 0.15) is 31.7 Å². The maximum atomic E-state index is 9.47. The fraction of sp³-hybridized carbons (Fsp3) is 0.600. The SMILES string of the molecule is CCCOC1CCCN(Cc2cccc(O)c2)C1. The van der Waals surface area contributed by atoms with Crippen LogP contribution in [0.3, 0.4) is 0 Å². The summed E-state index contributed by atoms with van der Waals surface area (Å²) in [5, 5.41) is 9.47. The number of nitrogens with zero attached hydrogens (tertiary/aromatic N) is 1. The monoisotopic (exact) mass is 249 g/mol. The van der Waals surface area contributed by atoms with Gasteiger partial charge in [-0.05, 0) is 43.5 Å². The van der Waals surface area contributed by atoms with Crippen LogP contribution < -0.4 is 0 Å². The number of rotatable bonds is 5. The van der Waals surface area contributed by atoms with Crippen LogP contribution in [0.5, 0.6) is 5.75 Å². The van der Waals surface area contributed by atoms with Crippen LogP contribution in [0.2, 0.25) is 0 Å². The molecule has 3 nitrogen and oxygen atoms in total. The second-order valence-electron chi connectivity index (χ2n) is 5.04. The van der Waals surface area contributed by atoms with Gasteiger partial charge in [0.15, 0.2) is 0 Å². The van der Waals surface area contributed by atoms with Crippen LogP contribution in [0, 0.1) is 0 Å². The number of likely N-dealkylation sites (tertiary alicyclic amines) is 1. The van der Waals surface area contributed by atoms with Gasteiger partial charge in [-0.3, -0.25) is 4.90 Å². The number of phenols is 1. The number of benzene rings is 1. The maximum Gasteiger partial charge on any atom is 0.115 e. The molecule has 1 saturated heterocycles. The fourth-order valence-electron chi connectivity index (χ4n) is 2.49. The van der Waals surface area contributed by atoms with E-state index in [-0.39, 0.29) is 0 Å². The second-order valence-corrected chi connectivity index (χ2v) is 5.04. The molecule has 1 fully saturated rings. The third kappa shape index (κ3) is 4.00. The Morgan fingerprint density at radius 2 is 2.33 bits per heavy atom. The van der Waals surface area contributed by atoms with E-state index in [1.165, 1.54) is 18.4 Å². The first kappa shape index (κ1) is 13.4. The van der Waals surface area contributed by atoms with Crippen molar-refractivity contribution in [1.29, 1.82) is 0 Å². The smallest absolute Gasteiger partial charge is 0.115 e. The molecular weight excluding hydrogens is 226 g/mol. The van der Waals surface area contributed by atoms with Crippen molar-refractivity contribution in [1.82, 2.24) is 4.90 Å². The number of hydrogen-bond acceptors (Lipinski definition) is 3. The summed E-state index contributed by atoms with van der Waals surface area (Å²) in [6.45, 7) is 6.05. The normalized spacial score (nSPS) is 21.1. The molecule has 0 saturated carbocycles. The lowest BCUT2D eigenvalue weighted by molar-refractivity contribution is -0.00223. The predicted octanol–water partition coefficient (Wildman–Crippen LogP) is 2.78. The Hall–Kier alpha value is -1.06. The highest BCUT2D eigenvalue weighted by Crippen LogP contribution is 2.18. The quantitative estimate of drug-likeness (QED) is 0.871. The van der Waals surface area contributed by atoms with E-state index in [1.54, 1.807) is 6.07 Å². The standard InChI is InChI=1S/C15H23NO2/c1-2-9-18-15-7-4-8-16(12-15)11-13-5-3-6-14(17)10-13/h3,5-6,10,15,17H,2,4,7-9,11-12H2,1H3. The first-order chi connectivity index (χ1) is 8.78. The molecule has 2 rings (SSSR count). The molecule has 1 aromatic rings. The summed E-state index contributed by atoms with van der Waals surface area (Å²) in [6.07, 6.45) is 3.85. The van der Waals surface area contributed by atoms with Crippen LogP contribution in [0.15, 0.2) is 24.3 Å². The van der Waals surface area contributed by atoms with Crippen molar-refractivity contribution < 1.29 is 9.84 Å². The molecule has 1 aliphatic rings. The van der Waals surface area contributed by atoms with E-state index in [2.05, 4.69) is 17.9 Å². The van der Waals surface area contributed by atoms with E-state index in [0.29, 0.717) is 11.9 Å². The second kappa shape index (κ2) is 6.76. The summed E-state index contributed by atoms with van der Waals surface area (Å²) in [5.41, 5.74) is 1.17. The van der Waals surface area contributed by atoms with Crippen LogP contribution in [0.25, 0.3) is 0 Å². The van der Waals surface area contributed by atoms with Gasteiger partial charge in [-0.2, -0.15) is 0 Å². The Labute approximate surface area is 109 Å². The zero-order valence-electron chi connectivity index (χ0n) is 11.1. The van der Waals surface area contributed by atoms with Gasteiger partial charge in [0, 0.05) is 19.7 Å². The lowest BCUT2D eigenvalue weighted by Crippen LogP contribution is -2.39. The molecule has 18 heavy (non-hydrogen) atoms. The van der Waals surface area contributed by atoms with E-state index in [0.717, 1.165) is 32.7 Å². The van der Waals surface area contributed by atoms with Crippen molar-refractivity contribution in [3.8, 4) is 5.75 Å². The van der Waals surface area contributed by atoms with Crippen molar-refractivity contribution in [3.63, 3.8) is 0 Å². The zero-order chi connectivity index (χ0) is 12.8. The largest absolute Gasteiger partial charge is 0.508 e. The van der Waals surface area contributed by atoms with Gasteiger partial charge in [0.05, 0.1) is 6.10 Å². The molecule has 0 aliphatic carbocycles. The minimum Gasteiger partial charge on any atom is -0.508 e. The van der Waals surface area contributed by atoms with Crippen LogP contribution in [-0.4, -0.2) is 35.8 Å². The predicted molar refractivity (Wildman–Crippen MR) is 72.6 cm³/mol. The van der Waals surface area contributed by atoms with Gasteiger partial charge in [0.25, 0.3) is 0 Å². The molecule has 3 heteroatoms. The lowest BCUT2D eigenvalue weighted by Gasteiger charge is -2.32. The zero-order valence-corrected chi connectivity index (χ0v) is 11.1. The van der Waals surface area contributed by atoms with Crippen molar-refractivity contribution in [2.24, 2.45) is 0 Å². The average Bonchev–Trinajstić information content (AvgIpc) is 2.37. The molecule has 1 heterocycles. The highest BCUT2D eigenvalue weighted by molar-refractivity contribution is 5.27. The highest BCUT2D eigenvalue weighted by Gasteiger charge is 2.20. The van der Waals surface area contributed by atoms with Crippen molar-refractivity contribution in [2.75, 3.05) is 19.7 Å². The van der Waals surface area contributed by atoms with E-state index in [1.807, 2.05) is 12.1 Å².